The predicted molar refractivity (Wildman–Crippen MR) is 119 cm³/mol. The van der Waals surface area contributed by atoms with Gasteiger partial charge in [-0.1, -0.05) is 20.3 Å². The van der Waals surface area contributed by atoms with Crippen LogP contribution in [0.5, 0.6) is 0 Å². The average molecular weight is 478 g/mol. The number of methoxy groups -OCH3 is 1. The molecule has 3 rings (SSSR count). The van der Waals surface area contributed by atoms with E-state index in [1.807, 2.05) is 14.2 Å². The number of likely N-dealkylation sites (tertiary alicyclic amines) is 2. The van der Waals surface area contributed by atoms with E-state index in [4.69, 9.17) is 4.74 Å². The van der Waals surface area contributed by atoms with E-state index in [0.717, 1.165) is 31.4 Å². The molecule has 3 atom stereocenters. The van der Waals surface area contributed by atoms with Gasteiger partial charge in [-0.05, 0) is 51.6 Å². The SMILES string of the molecule is CN=C(NC1CC(C)(OC)C1(C)C)N1CCC(CN2CCCCC2)C1.I. The first-order valence-corrected chi connectivity index (χ1v) is 10.2. The number of nitrogens with one attached hydrogen (secondary N) is 1. The topological polar surface area (TPSA) is 40.1 Å². The summed E-state index contributed by atoms with van der Waals surface area (Å²) in [5.41, 5.74) is 0.0793. The highest BCUT2D eigenvalue weighted by molar-refractivity contribution is 14.0. The minimum atomic E-state index is -0.0364. The second-order valence-corrected chi connectivity index (χ2v) is 9.07. The van der Waals surface area contributed by atoms with Gasteiger partial charge in [0.2, 0.25) is 0 Å². The van der Waals surface area contributed by atoms with E-state index in [9.17, 15) is 0 Å². The summed E-state index contributed by atoms with van der Waals surface area (Å²) in [6.07, 6.45) is 6.52. The van der Waals surface area contributed by atoms with E-state index in [1.165, 1.54) is 45.3 Å². The summed E-state index contributed by atoms with van der Waals surface area (Å²) in [5, 5.41) is 3.73. The normalized spacial score (nSPS) is 35.0. The van der Waals surface area contributed by atoms with Gasteiger partial charge in [-0.15, -0.1) is 24.0 Å². The fourth-order valence-electron chi connectivity index (χ4n) is 4.86. The lowest BCUT2D eigenvalue weighted by Crippen LogP contribution is -2.69. The van der Waals surface area contributed by atoms with Gasteiger partial charge in [0, 0.05) is 45.2 Å². The third-order valence-electron chi connectivity index (χ3n) is 7.34. The summed E-state index contributed by atoms with van der Waals surface area (Å²) in [5.74, 6) is 1.87. The molecule has 152 valence electrons. The maximum absolute atomic E-state index is 5.76. The lowest BCUT2D eigenvalue weighted by Gasteiger charge is -2.59. The van der Waals surface area contributed by atoms with E-state index in [0.29, 0.717) is 6.04 Å². The Hall–Kier alpha value is -0.0800. The molecular formula is C20H39IN4O. The fourth-order valence-corrected chi connectivity index (χ4v) is 4.86. The number of ether oxygens (including phenoxy) is 1. The van der Waals surface area contributed by atoms with Crippen molar-refractivity contribution in [2.45, 2.75) is 64.5 Å². The summed E-state index contributed by atoms with van der Waals surface area (Å²) in [6, 6.07) is 0.428. The van der Waals surface area contributed by atoms with E-state index >= 15 is 0 Å². The Kier molecular flexibility index (Phi) is 7.64. The zero-order valence-electron chi connectivity index (χ0n) is 17.4. The molecule has 5 nitrogen and oxygen atoms in total. The zero-order chi connectivity index (χ0) is 18.1. The van der Waals surface area contributed by atoms with Crippen molar-refractivity contribution in [1.29, 1.82) is 0 Å². The Morgan fingerprint density at radius 3 is 2.42 bits per heavy atom. The maximum Gasteiger partial charge on any atom is 0.193 e. The fraction of sp³-hybridized carbons (Fsp3) is 0.950. The summed E-state index contributed by atoms with van der Waals surface area (Å²) in [4.78, 5) is 9.73. The van der Waals surface area contributed by atoms with Gasteiger partial charge < -0.3 is 19.9 Å². The van der Waals surface area contributed by atoms with Crippen LogP contribution in [0.25, 0.3) is 0 Å². The first-order valence-electron chi connectivity index (χ1n) is 10.2. The van der Waals surface area contributed by atoms with Gasteiger partial charge in [-0.3, -0.25) is 4.99 Å². The van der Waals surface area contributed by atoms with Gasteiger partial charge in [-0.2, -0.15) is 0 Å². The van der Waals surface area contributed by atoms with Crippen LogP contribution in [0.3, 0.4) is 0 Å². The van der Waals surface area contributed by atoms with Gasteiger partial charge in [0.1, 0.15) is 0 Å². The van der Waals surface area contributed by atoms with Crippen molar-refractivity contribution in [3.05, 3.63) is 0 Å². The average Bonchev–Trinajstić information content (AvgIpc) is 3.07. The highest BCUT2D eigenvalue weighted by Crippen LogP contribution is 2.51. The van der Waals surface area contributed by atoms with Gasteiger partial charge >= 0.3 is 0 Å². The third kappa shape index (κ3) is 4.32. The molecule has 3 unspecified atom stereocenters. The molecule has 26 heavy (non-hydrogen) atoms. The van der Waals surface area contributed by atoms with Gasteiger partial charge in [-0.25, -0.2) is 0 Å². The smallest absolute Gasteiger partial charge is 0.193 e. The quantitative estimate of drug-likeness (QED) is 0.383. The van der Waals surface area contributed by atoms with Crippen molar-refractivity contribution in [3.8, 4) is 0 Å². The molecule has 0 aromatic carbocycles. The molecule has 6 heteroatoms. The minimum absolute atomic E-state index is 0. The van der Waals surface area contributed by atoms with Crippen molar-refractivity contribution in [2.24, 2.45) is 16.3 Å². The first-order chi connectivity index (χ1) is 11.9. The number of rotatable bonds is 4. The molecule has 0 radical (unpaired) electrons. The number of aliphatic imine (C=N–C) groups is 1. The van der Waals surface area contributed by atoms with Crippen LogP contribution in [-0.4, -0.2) is 74.3 Å². The first kappa shape index (κ1) is 22.2. The minimum Gasteiger partial charge on any atom is -0.378 e. The van der Waals surface area contributed by atoms with Gasteiger partial charge in [0.25, 0.3) is 0 Å². The van der Waals surface area contributed by atoms with Gasteiger partial charge in [0.15, 0.2) is 5.96 Å². The largest absolute Gasteiger partial charge is 0.378 e. The summed E-state index contributed by atoms with van der Waals surface area (Å²) in [6.45, 7) is 13.0. The predicted octanol–water partition coefficient (Wildman–Crippen LogP) is 3.19. The second kappa shape index (κ2) is 8.95. The Balaban J connectivity index is 0.00000243. The van der Waals surface area contributed by atoms with Crippen molar-refractivity contribution in [2.75, 3.05) is 46.9 Å². The number of piperidine rings is 1. The molecule has 0 spiro atoms. The van der Waals surface area contributed by atoms with Crippen molar-refractivity contribution >= 4 is 29.9 Å². The molecule has 1 N–H and O–H groups in total. The Morgan fingerprint density at radius 1 is 1.15 bits per heavy atom. The molecule has 3 fully saturated rings. The molecule has 1 saturated carbocycles. The molecule has 1 aliphatic carbocycles. The Labute approximate surface area is 177 Å². The summed E-state index contributed by atoms with van der Waals surface area (Å²) >= 11 is 0. The van der Waals surface area contributed by atoms with Crippen LogP contribution in [0, 0.1) is 11.3 Å². The van der Waals surface area contributed by atoms with Crippen LogP contribution in [0.1, 0.15) is 52.9 Å². The third-order valence-corrected chi connectivity index (χ3v) is 7.34. The van der Waals surface area contributed by atoms with E-state index in [-0.39, 0.29) is 35.0 Å². The van der Waals surface area contributed by atoms with Gasteiger partial charge in [0.05, 0.1) is 5.60 Å². The van der Waals surface area contributed by atoms with Crippen molar-refractivity contribution in [3.63, 3.8) is 0 Å². The van der Waals surface area contributed by atoms with Crippen LogP contribution in [-0.2, 0) is 4.74 Å². The highest BCUT2D eigenvalue weighted by Gasteiger charge is 2.58. The zero-order valence-corrected chi connectivity index (χ0v) is 19.7. The molecule has 0 amide bonds. The number of halogens is 1. The second-order valence-electron chi connectivity index (χ2n) is 9.07. The lowest BCUT2D eigenvalue weighted by atomic mass is 9.56. The molecule has 0 aromatic rings. The lowest BCUT2D eigenvalue weighted by molar-refractivity contribution is -0.176. The van der Waals surface area contributed by atoms with Crippen LogP contribution in [0.2, 0.25) is 0 Å². The Morgan fingerprint density at radius 2 is 1.85 bits per heavy atom. The summed E-state index contributed by atoms with van der Waals surface area (Å²) in [7, 11) is 3.75. The molecule has 3 aliphatic rings. The number of hydrogen-bond donors (Lipinski definition) is 1. The van der Waals surface area contributed by atoms with Crippen molar-refractivity contribution < 1.29 is 4.74 Å². The summed E-state index contributed by atoms with van der Waals surface area (Å²) < 4.78 is 5.76. The molecule has 2 heterocycles. The molecule has 2 saturated heterocycles. The Bertz CT molecular complexity index is 492. The van der Waals surface area contributed by atoms with E-state index in [2.05, 4.69) is 40.9 Å². The number of hydrogen-bond acceptors (Lipinski definition) is 3. The molecular weight excluding hydrogens is 439 g/mol. The highest BCUT2D eigenvalue weighted by atomic mass is 127. The van der Waals surface area contributed by atoms with E-state index < -0.39 is 0 Å². The van der Waals surface area contributed by atoms with Crippen LogP contribution >= 0.6 is 24.0 Å². The van der Waals surface area contributed by atoms with Crippen molar-refractivity contribution in [1.82, 2.24) is 15.1 Å². The van der Waals surface area contributed by atoms with E-state index in [1.54, 1.807) is 0 Å². The maximum atomic E-state index is 5.76. The van der Waals surface area contributed by atoms with Crippen LogP contribution in [0.15, 0.2) is 4.99 Å². The number of nitrogens with zero attached hydrogens (tertiary/aromatic N) is 3. The molecule has 0 bridgehead atoms. The molecule has 2 aliphatic heterocycles. The standard InChI is InChI=1S/C20H38N4O.HI/c1-19(2)17(13-20(19,3)25-5)22-18(21-4)24-12-9-16(15-24)14-23-10-7-6-8-11-23;/h16-17H,6-15H2,1-5H3,(H,21,22);1H. The van der Waals surface area contributed by atoms with Crippen LogP contribution < -0.4 is 5.32 Å². The van der Waals surface area contributed by atoms with Crippen LogP contribution in [0.4, 0.5) is 0 Å². The monoisotopic (exact) mass is 478 g/mol. The molecule has 0 aromatic heterocycles. The number of guanidine groups is 1.